The number of thiazole rings is 1. The van der Waals surface area contributed by atoms with Crippen LogP contribution in [0.15, 0.2) is 29.6 Å². The number of carbonyl (C=O) groups is 1. The van der Waals surface area contributed by atoms with Crippen LogP contribution in [0.2, 0.25) is 0 Å². The van der Waals surface area contributed by atoms with Gasteiger partial charge in [-0.15, -0.1) is 11.3 Å². The molecule has 104 valence electrons. The number of carbonyl (C=O) groups excluding carboxylic acids is 1. The van der Waals surface area contributed by atoms with E-state index in [2.05, 4.69) is 20.9 Å². The Morgan fingerprint density at radius 1 is 1.45 bits per heavy atom. The first-order valence-electron chi connectivity index (χ1n) is 6.26. The van der Waals surface area contributed by atoms with Crippen molar-refractivity contribution in [3.05, 3.63) is 35.5 Å². The molecule has 1 aliphatic rings. The number of hydrogen-bond acceptors (Lipinski definition) is 3. The molecule has 0 N–H and O–H groups in total. The molecule has 0 bridgehead atoms. The molecule has 2 aromatic rings. The summed E-state index contributed by atoms with van der Waals surface area (Å²) in [5.74, 6) is 0.114. The number of anilines is 1. The molecule has 1 saturated heterocycles. The van der Waals surface area contributed by atoms with Gasteiger partial charge in [0, 0.05) is 29.2 Å². The lowest BCUT2D eigenvalue weighted by Gasteiger charge is -2.11. The molecule has 6 heteroatoms. The minimum Gasteiger partial charge on any atom is -0.288 e. The van der Waals surface area contributed by atoms with E-state index in [4.69, 9.17) is 0 Å². The molecular weight excluding hydrogens is 343 g/mol. The molecule has 3 rings (SSSR count). The number of benzene rings is 1. The lowest BCUT2D eigenvalue weighted by atomic mass is 10.2. The summed E-state index contributed by atoms with van der Waals surface area (Å²) in [7, 11) is 0. The van der Waals surface area contributed by atoms with Gasteiger partial charge in [0.2, 0.25) is 5.91 Å². The normalized spacial score (nSPS) is 18.8. The number of amides is 1. The second-order valence-electron chi connectivity index (χ2n) is 4.72. The van der Waals surface area contributed by atoms with Crippen LogP contribution in [0.1, 0.15) is 6.42 Å². The highest BCUT2D eigenvalue weighted by Gasteiger charge is 2.31. The highest BCUT2D eigenvalue weighted by atomic mass is 79.9. The number of rotatable bonds is 3. The van der Waals surface area contributed by atoms with Crippen LogP contribution in [0.25, 0.3) is 11.3 Å². The van der Waals surface area contributed by atoms with Crippen molar-refractivity contribution in [2.75, 3.05) is 16.8 Å². The zero-order valence-corrected chi connectivity index (χ0v) is 13.0. The summed E-state index contributed by atoms with van der Waals surface area (Å²) in [5, 5.41) is 3.25. The number of alkyl halides is 1. The Morgan fingerprint density at radius 3 is 2.95 bits per heavy atom. The Balaban J connectivity index is 1.88. The second kappa shape index (κ2) is 5.61. The highest BCUT2D eigenvalue weighted by molar-refractivity contribution is 9.09. The fourth-order valence-corrected chi connectivity index (χ4v) is 3.54. The third-order valence-electron chi connectivity index (χ3n) is 3.30. The average molecular weight is 355 g/mol. The van der Waals surface area contributed by atoms with Gasteiger partial charge in [0.25, 0.3) is 0 Å². The Morgan fingerprint density at radius 2 is 2.25 bits per heavy atom. The molecule has 0 spiro atoms. The molecule has 1 fully saturated rings. The highest BCUT2D eigenvalue weighted by Crippen LogP contribution is 2.32. The van der Waals surface area contributed by atoms with Gasteiger partial charge in [0.15, 0.2) is 5.13 Å². The van der Waals surface area contributed by atoms with E-state index in [-0.39, 0.29) is 11.7 Å². The third kappa shape index (κ3) is 2.50. The van der Waals surface area contributed by atoms with Crippen molar-refractivity contribution in [3.8, 4) is 11.3 Å². The van der Waals surface area contributed by atoms with E-state index in [9.17, 15) is 9.18 Å². The molecule has 0 radical (unpaired) electrons. The number of halogens is 2. The second-order valence-corrected chi connectivity index (χ2v) is 6.21. The van der Waals surface area contributed by atoms with Gasteiger partial charge in [0.05, 0.1) is 5.69 Å². The van der Waals surface area contributed by atoms with Gasteiger partial charge < -0.3 is 0 Å². The number of hydrogen-bond donors (Lipinski definition) is 0. The van der Waals surface area contributed by atoms with Gasteiger partial charge in [-0.1, -0.05) is 28.1 Å². The molecule has 2 heterocycles. The molecular formula is C14H12BrFN2OS. The van der Waals surface area contributed by atoms with Crippen molar-refractivity contribution in [1.82, 2.24) is 4.98 Å². The first kappa shape index (κ1) is 13.7. The minimum atomic E-state index is -0.296. The minimum absolute atomic E-state index is 0.0869. The average Bonchev–Trinajstić information content (AvgIpc) is 3.05. The van der Waals surface area contributed by atoms with E-state index in [1.54, 1.807) is 28.5 Å². The lowest BCUT2D eigenvalue weighted by Crippen LogP contribution is -2.24. The maximum Gasteiger partial charge on any atom is 0.229 e. The summed E-state index contributed by atoms with van der Waals surface area (Å²) in [6.07, 6.45) is 0.542. The Bertz CT molecular complexity index is 646. The van der Waals surface area contributed by atoms with E-state index in [0.29, 0.717) is 35.3 Å². The summed E-state index contributed by atoms with van der Waals surface area (Å²) < 4.78 is 13.7. The van der Waals surface area contributed by atoms with E-state index in [1.165, 1.54) is 17.4 Å². The van der Waals surface area contributed by atoms with Crippen LogP contribution >= 0.6 is 27.3 Å². The summed E-state index contributed by atoms with van der Waals surface area (Å²) >= 11 is 4.79. The molecule has 1 aromatic heterocycles. The van der Waals surface area contributed by atoms with Crippen LogP contribution in [-0.2, 0) is 4.79 Å². The first-order chi connectivity index (χ1) is 9.69. The molecule has 3 nitrogen and oxygen atoms in total. The summed E-state index contributed by atoms with van der Waals surface area (Å²) in [6.45, 7) is 0.675. The fraction of sp³-hybridized carbons (Fsp3) is 0.286. The van der Waals surface area contributed by atoms with Crippen molar-refractivity contribution < 1.29 is 9.18 Å². The van der Waals surface area contributed by atoms with Gasteiger partial charge in [0.1, 0.15) is 5.82 Å². The Hall–Kier alpha value is -1.27. The predicted octanol–water partition coefficient (Wildman–Crippen LogP) is 3.70. The van der Waals surface area contributed by atoms with Crippen LogP contribution in [0.4, 0.5) is 9.52 Å². The van der Waals surface area contributed by atoms with Crippen molar-refractivity contribution in [2.24, 2.45) is 5.92 Å². The number of nitrogens with zero attached hydrogens (tertiary/aromatic N) is 2. The summed E-state index contributed by atoms with van der Waals surface area (Å²) in [4.78, 5) is 18.1. The fourth-order valence-electron chi connectivity index (χ4n) is 2.25. The standard InChI is InChI=1S/C14H12BrFN2OS/c15-6-9-5-13(19)18(7-9)14-17-12(8-20-14)10-3-1-2-4-11(10)16/h1-4,8-9H,5-7H2. The van der Waals surface area contributed by atoms with Gasteiger partial charge in [-0.2, -0.15) is 0 Å². The van der Waals surface area contributed by atoms with Crippen molar-refractivity contribution in [2.45, 2.75) is 6.42 Å². The maximum absolute atomic E-state index is 13.7. The third-order valence-corrected chi connectivity index (χ3v) is 5.08. The molecule has 20 heavy (non-hydrogen) atoms. The van der Waals surface area contributed by atoms with E-state index in [0.717, 1.165) is 5.33 Å². The quantitative estimate of drug-likeness (QED) is 0.787. The largest absolute Gasteiger partial charge is 0.288 e. The zero-order valence-electron chi connectivity index (χ0n) is 10.6. The van der Waals surface area contributed by atoms with Crippen molar-refractivity contribution in [3.63, 3.8) is 0 Å². The Labute approximate surface area is 128 Å². The van der Waals surface area contributed by atoms with Crippen LogP contribution in [0.3, 0.4) is 0 Å². The van der Waals surface area contributed by atoms with Gasteiger partial charge in [-0.05, 0) is 18.1 Å². The molecule has 1 aromatic carbocycles. The Kier molecular flexibility index (Phi) is 3.85. The van der Waals surface area contributed by atoms with Crippen molar-refractivity contribution in [1.29, 1.82) is 0 Å². The van der Waals surface area contributed by atoms with E-state index < -0.39 is 0 Å². The van der Waals surface area contributed by atoms with Gasteiger partial charge >= 0.3 is 0 Å². The molecule has 0 saturated carbocycles. The SMILES string of the molecule is O=C1CC(CBr)CN1c1nc(-c2ccccc2F)cs1. The summed E-state index contributed by atoms with van der Waals surface area (Å²) in [5.41, 5.74) is 1.05. The number of aromatic nitrogens is 1. The van der Waals surface area contributed by atoms with Crippen LogP contribution in [0.5, 0.6) is 0 Å². The molecule has 1 atom stereocenters. The van der Waals surface area contributed by atoms with E-state index >= 15 is 0 Å². The molecule has 1 unspecified atom stereocenters. The molecule has 1 aliphatic heterocycles. The predicted molar refractivity (Wildman–Crippen MR) is 81.8 cm³/mol. The molecule has 0 aliphatic carbocycles. The first-order valence-corrected chi connectivity index (χ1v) is 8.26. The van der Waals surface area contributed by atoms with Crippen LogP contribution < -0.4 is 4.90 Å². The van der Waals surface area contributed by atoms with E-state index in [1.807, 2.05) is 0 Å². The van der Waals surface area contributed by atoms with Gasteiger partial charge in [-0.25, -0.2) is 9.37 Å². The summed E-state index contributed by atoms with van der Waals surface area (Å²) in [6, 6.07) is 6.54. The molecule has 1 amide bonds. The van der Waals surface area contributed by atoms with Crippen molar-refractivity contribution >= 4 is 38.3 Å². The monoisotopic (exact) mass is 354 g/mol. The van der Waals surface area contributed by atoms with Crippen LogP contribution in [0, 0.1) is 11.7 Å². The topological polar surface area (TPSA) is 33.2 Å². The lowest BCUT2D eigenvalue weighted by molar-refractivity contribution is -0.117. The van der Waals surface area contributed by atoms with Gasteiger partial charge in [-0.3, -0.25) is 9.69 Å². The smallest absolute Gasteiger partial charge is 0.229 e. The zero-order chi connectivity index (χ0) is 14.1. The maximum atomic E-state index is 13.7. The van der Waals surface area contributed by atoms with Crippen LogP contribution in [-0.4, -0.2) is 22.8 Å².